The minimum absolute atomic E-state index is 0.00783. The van der Waals surface area contributed by atoms with Crippen molar-refractivity contribution in [2.75, 3.05) is 20.3 Å². The van der Waals surface area contributed by atoms with Crippen LogP contribution in [0, 0.1) is 5.82 Å². The second-order valence-corrected chi connectivity index (χ2v) is 9.61. The molecule has 5 rings (SSSR count). The van der Waals surface area contributed by atoms with Gasteiger partial charge in [-0.25, -0.2) is 9.18 Å². The van der Waals surface area contributed by atoms with E-state index in [9.17, 15) is 9.59 Å². The maximum atomic E-state index is 15.2. The first kappa shape index (κ1) is 26.2. The lowest BCUT2D eigenvalue weighted by Gasteiger charge is -2.36. The fraction of sp³-hybridized carbons (Fsp3) is 0.250. The van der Waals surface area contributed by atoms with Crippen LogP contribution in [0.15, 0.2) is 101 Å². The van der Waals surface area contributed by atoms with Gasteiger partial charge in [0.1, 0.15) is 30.5 Å². The molecule has 1 aliphatic carbocycles. The molecule has 0 bridgehead atoms. The number of methoxy groups -OCH3 is 1. The largest absolute Gasteiger partial charge is 0.497 e. The molecule has 0 saturated heterocycles. The highest BCUT2D eigenvalue weighted by Crippen LogP contribution is 2.46. The number of Topliss-reactive ketones (excluding diaryl/α,β-unsaturated/α-hetero) is 1. The van der Waals surface area contributed by atoms with Gasteiger partial charge in [-0.1, -0.05) is 48.5 Å². The molecule has 0 fully saturated rings. The van der Waals surface area contributed by atoms with Gasteiger partial charge in [0.25, 0.3) is 0 Å². The number of hydrogen-bond acceptors (Lipinski definition) is 6. The molecule has 39 heavy (non-hydrogen) atoms. The van der Waals surface area contributed by atoms with Gasteiger partial charge in [-0.3, -0.25) is 4.79 Å². The highest BCUT2D eigenvalue weighted by molar-refractivity contribution is 6.04. The van der Waals surface area contributed by atoms with Crippen molar-refractivity contribution in [2.45, 2.75) is 31.6 Å². The van der Waals surface area contributed by atoms with Gasteiger partial charge in [-0.15, -0.1) is 0 Å². The van der Waals surface area contributed by atoms with Crippen molar-refractivity contribution in [3.8, 4) is 11.5 Å². The van der Waals surface area contributed by atoms with Gasteiger partial charge in [0, 0.05) is 29.0 Å². The zero-order valence-electron chi connectivity index (χ0n) is 21.9. The summed E-state index contributed by atoms with van der Waals surface area (Å²) < 4.78 is 31.6. The minimum atomic E-state index is -0.866. The van der Waals surface area contributed by atoms with Crippen LogP contribution in [-0.4, -0.2) is 32.1 Å². The molecule has 2 atom stereocenters. The Labute approximate surface area is 227 Å². The van der Waals surface area contributed by atoms with Crippen LogP contribution < -0.4 is 14.8 Å². The summed E-state index contributed by atoms with van der Waals surface area (Å²) in [4.78, 5) is 27.1. The van der Waals surface area contributed by atoms with Crippen LogP contribution in [-0.2, 0) is 14.3 Å². The Hall–Kier alpha value is -4.39. The van der Waals surface area contributed by atoms with Gasteiger partial charge in [-0.2, -0.15) is 0 Å². The normalized spacial score (nSPS) is 18.8. The number of halogens is 1. The zero-order chi connectivity index (χ0) is 27.4. The Bertz CT molecular complexity index is 1430. The van der Waals surface area contributed by atoms with E-state index in [1.54, 1.807) is 32.2 Å². The van der Waals surface area contributed by atoms with Crippen molar-refractivity contribution in [1.82, 2.24) is 5.32 Å². The van der Waals surface area contributed by atoms with Crippen LogP contribution in [0.1, 0.15) is 42.7 Å². The zero-order valence-corrected chi connectivity index (χ0v) is 21.9. The molecule has 0 aromatic heterocycles. The lowest BCUT2D eigenvalue weighted by Crippen LogP contribution is -2.36. The molecule has 200 valence electrons. The summed E-state index contributed by atoms with van der Waals surface area (Å²) in [5, 5.41) is 3.30. The molecule has 1 N–H and O–H groups in total. The number of nitrogens with one attached hydrogen (secondary N) is 1. The van der Waals surface area contributed by atoms with Crippen LogP contribution in [0.2, 0.25) is 0 Å². The summed E-state index contributed by atoms with van der Waals surface area (Å²) in [6, 6.07) is 23.2. The molecule has 0 spiro atoms. The second kappa shape index (κ2) is 11.6. The van der Waals surface area contributed by atoms with Crippen LogP contribution in [0.5, 0.6) is 11.5 Å². The van der Waals surface area contributed by atoms with Gasteiger partial charge in [-0.05, 0) is 55.2 Å². The smallest absolute Gasteiger partial charge is 0.336 e. The Morgan fingerprint density at radius 3 is 2.36 bits per heavy atom. The van der Waals surface area contributed by atoms with Crippen molar-refractivity contribution in [1.29, 1.82) is 0 Å². The van der Waals surface area contributed by atoms with Crippen LogP contribution >= 0.6 is 0 Å². The van der Waals surface area contributed by atoms with Gasteiger partial charge >= 0.3 is 5.97 Å². The summed E-state index contributed by atoms with van der Waals surface area (Å²) >= 11 is 0. The van der Waals surface area contributed by atoms with Crippen molar-refractivity contribution in [2.24, 2.45) is 0 Å². The third-order valence-corrected chi connectivity index (χ3v) is 7.18. The first-order valence-corrected chi connectivity index (χ1v) is 12.9. The average molecular weight is 528 g/mol. The monoisotopic (exact) mass is 527 g/mol. The number of carbonyl (C=O) groups excluding carboxylic acids is 2. The van der Waals surface area contributed by atoms with E-state index < -0.39 is 17.7 Å². The highest BCUT2D eigenvalue weighted by atomic mass is 19.1. The number of esters is 1. The van der Waals surface area contributed by atoms with E-state index in [1.165, 1.54) is 6.07 Å². The number of ether oxygens (including phenoxy) is 3. The highest BCUT2D eigenvalue weighted by Gasteiger charge is 2.42. The van der Waals surface area contributed by atoms with E-state index in [-0.39, 0.29) is 42.5 Å². The molecule has 1 heterocycles. The Morgan fingerprint density at radius 1 is 0.923 bits per heavy atom. The number of ketones is 1. The molecule has 0 radical (unpaired) electrons. The Kier molecular flexibility index (Phi) is 7.77. The minimum Gasteiger partial charge on any atom is -0.497 e. The molecule has 2 aliphatic rings. The number of hydrogen-bond donors (Lipinski definition) is 1. The maximum absolute atomic E-state index is 15.2. The van der Waals surface area contributed by atoms with Crippen LogP contribution in [0.25, 0.3) is 0 Å². The van der Waals surface area contributed by atoms with E-state index >= 15 is 4.39 Å². The summed E-state index contributed by atoms with van der Waals surface area (Å²) in [7, 11) is 1.61. The van der Waals surface area contributed by atoms with E-state index in [0.29, 0.717) is 29.1 Å². The van der Waals surface area contributed by atoms with E-state index in [2.05, 4.69) is 5.32 Å². The lowest BCUT2D eigenvalue weighted by atomic mass is 9.71. The molecule has 0 unspecified atom stereocenters. The van der Waals surface area contributed by atoms with E-state index in [0.717, 1.165) is 11.3 Å². The quantitative estimate of drug-likeness (QED) is 0.294. The second-order valence-electron chi connectivity index (χ2n) is 9.61. The number of para-hydroxylation sites is 1. The number of dihydropyridines is 1. The summed E-state index contributed by atoms with van der Waals surface area (Å²) in [5.74, 6) is -0.716. The van der Waals surface area contributed by atoms with Crippen molar-refractivity contribution in [3.05, 3.63) is 118 Å². The molecule has 1 aliphatic heterocycles. The first-order valence-electron chi connectivity index (χ1n) is 12.9. The molecule has 0 saturated carbocycles. The number of rotatable bonds is 8. The molecule has 0 amide bonds. The summed E-state index contributed by atoms with van der Waals surface area (Å²) in [5.41, 5.74) is 3.19. The number of allylic oxidation sites excluding steroid dienone is 3. The fourth-order valence-electron chi connectivity index (χ4n) is 5.33. The standard InChI is InChI=1S/C32H30FNO5/c1-20-29(32(36)39-17-16-38-24-8-4-3-5-9-24)30(25-10-6-7-11-26(25)33)31-27(34-20)18-22(19-28(31)35)21-12-14-23(37-2)15-13-21/h3-15,22,30,34H,16-19H2,1-2H3/t22-,30-/m1/s1. The third kappa shape index (κ3) is 5.58. The summed E-state index contributed by atoms with van der Waals surface area (Å²) in [6.45, 7) is 1.93. The van der Waals surface area contributed by atoms with Gasteiger partial charge < -0.3 is 19.5 Å². The molecular weight excluding hydrogens is 497 g/mol. The Morgan fingerprint density at radius 2 is 1.64 bits per heavy atom. The molecule has 3 aromatic rings. The molecule has 6 nitrogen and oxygen atoms in total. The van der Waals surface area contributed by atoms with Crippen LogP contribution in [0.4, 0.5) is 4.39 Å². The van der Waals surface area contributed by atoms with Crippen molar-refractivity contribution < 1.29 is 28.2 Å². The van der Waals surface area contributed by atoms with Crippen molar-refractivity contribution in [3.63, 3.8) is 0 Å². The first-order chi connectivity index (χ1) is 19.0. The lowest BCUT2D eigenvalue weighted by molar-refractivity contribution is -0.140. The predicted octanol–water partition coefficient (Wildman–Crippen LogP) is 5.82. The third-order valence-electron chi connectivity index (χ3n) is 7.18. The van der Waals surface area contributed by atoms with Crippen molar-refractivity contribution >= 4 is 11.8 Å². The van der Waals surface area contributed by atoms with E-state index in [4.69, 9.17) is 14.2 Å². The van der Waals surface area contributed by atoms with Gasteiger partial charge in [0.15, 0.2) is 5.78 Å². The maximum Gasteiger partial charge on any atom is 0.336 e. The predicted molar refractivity (Wildman–Crippen MR) is 145 cm³/mol. The number of carbonyl (C=O) groups is 2. The fourth-order valence-corrected chi connectivity index (χ4v) is 5.33. The molecule has 3 aromatic carbocycles. The van der Waals surface area contributed by atoms with Gasteiger partial charge in [0.2, 0.25) is 0 Å². The Balaban J connectivity index is 1.41. The van der Waals surface area contributed by atoms with Crippen LogP contribution in [0.3, 0.4) is 0 Å². The topological polar surface area (TPSA) is 73.9 Å². The summed E-state index contributed by atoms with van der Waals surface area (Å²) in [6.07, 6.45) is 0.813. The average Bonchev–Trinajstić information content (AvgIpc) is 2.95. The SMILES string of the molecule is COc1ccc([C@H]2CC(=O)C3=C(C2)NC(C)=C(C(=O)OCCOc2ccccc2)[C@H]3c2ccccc2F)cc1. The molecular formula is C32H30FNO5. The number of benzene rings is 3. The molecule has 7 heteroatoms. The van der Waals surface area contributed by atoms with Gasteiger partial charge in [0.05, 0.1) is 18.6 Å². The van der Waals surface area contributed by atoms with E-state index in [1.807, 2.05) is 54.6 Å².